The molecule has 4 aromatic rings. The molecule has 3 amide bonds. The fourth-order valence-corrected chi connectivity index (χ4v) is 4.43. The predicted molar refractivity (Wildman–Crippen MR) is 146 cm³/mol. The quantitative estimate of drug-likeness (QED) is 0.165. The monoisotopic (exact) mass is 522 g/mol. The maximum atomic E-state index is 13.6. The summed E-state index contributed by atoms with van der Waals surface area (Å²) >= 11 is 0. The van der Waals surface area contributed by atoms with Crippen LogP contribution in [0.1, 0.15) is 33.5 Å². The van der Waals surface area contributed by atoms with Crippen molar-refractivity contribution in [3.63, 3.8) is 0 Å². The van der Waals surface area contributed by atoms with E-state index in [1.54, 1.807) is 0 Å². The zero-order valence-electron chi connectivity index (χ0n) is 20.8. The number of non-ortho nitro benzene ring substituents is 1. The minimum Gasteiger partial charge on any atom is -0.368 e. The molecule has 196 valence electrons. The van der Waals surface area contributed by atoms with Crippen molar-refractivity contribution in [2.45, 2.75) is 18.0 Å². The van der Waals surface area contributed by atoms with Crippen molar-refractivity contribution in [3.8, 4) is 0 Å². The van der Waals surface area contributed by atoms with E-state index in [2.05, 4.69) is 10.6 Å². The van der Waals surface area contributed by atoms with Crippen molar-refractivity contribution in [1.82, 2.24) is 10.6 Å². The van der Waals surface area contributed by atoms with Crippen LogP contribution >= 0.6 is 0 Å². The van der Waals surface area contributed by atoms with Gasteiger partial charge in [0.1, 0.15) is 11.6 Å². The minimum absolute atomic E-state index is 0.0828. The van der Waals surface area contributed by atoms with E-state index in [1.165, 1.54) is 24.3 Å². The van der Waals surface area contributed by atoms with Crippen molar-refractivity contribution >= 4 is 23.4 Å². The molecule has 0 aliphatic carbocycles. The van der Waals surface area contributed by atoms with Gasteiger partial charge in [-0.05, 0) is 28.8 Å². The van der Waals surface area contributed by atoms with Gasteiger partial charge in [-0.3, -0.25) is 24.5 Å². The van der Waals surface area contributed by atoms with Crippen LogP contribution in [0.5, 0.6) is 0 Å². The van der Waals surface area contributed by atoms with Gasteiger partial charge in [0.2, 0.25) is 11.8 Å². The number of hydrogen-bond donors (Lipinski definition) is 3. The molecular formula is C30H26N4O5. The molecule has 4 aromatic carbocycles. The summed E-state index contributed by atoms with van der Waals surface area (Å²) in [4.78, 5) is 48.9. The van der Waals surface area contributed by atoms with Gasteiger partial charge in [0, 0.05) is 17.7 Å². The highest BCUT2D eigenvalue weighted by Gasteiger charge is 2.38. The van der Waals surface area contributed by atoms with Crippen LogP contribution in [-0.4, -0.2) is 28.7 Å². The number of amides is 3. The van der Waals surface area contributed by atoms with E-state index in [1.807, 2.05) is 91.0 Å². The van der Waals surface area contributed by atoms with E-state index in [4.69, 9.17) is 5.73 Å². The molecule has 4 rings (SSSR count). The highest BCUT2D eigenvalue weighted by atomic mass is 16.6. The van der Waals surface area contributed by atoms with Crippen LogP contribution < -0.4 is 16.4 Å². The Morgan fingerprint density at radius 3 is 1.56 bits per heavy atom. The second-order valence-electron chi connectivity index (χ2n) is 8.83. The van der Waals surface area contributed by atoms with Gasteiger partial charge < -0.3 is 16.4 Å². The third-order valence-corrected chi connectivity index (χ3v) is 6.33. The normalized spacial score (nSPS) is 11.7. The number of nitro groups is 1. The first-order valence-corrected chi connectivity index (χ1v) is 12.1. The molecule has 39 heavy (non-hydrogen) atoms. The second-order valence-corrected chi connectivity index (χ2v) is 8.83. The van der Waals surface area contributed by atoms with E-state index < -0.39 is 40.6 Å². The topological polar surface area (TPSA) is 144 Å². The van der Waals surface area contributed by atoms with Crippen LogP contribution in [0, 0.1) is 10.1 Å². The maximum absolute atomic E-state index is 13.6. The lowest BCUT2D eigenvalue weighted by molar-refractivity contribution is -0.384. The van der Waals surface area contributed by atoms with Gasteiger partial charge in [0.25, 0.3) is 11.6 Å². The first-order chi connectivity index (χ1) is 18.8. The van der Waals surface area contributed by atoms with Crippen LogP contribution in [0.25, 0.3) is 0 Å². The van der Waals surface area contributed by atoms with Crippen molar-refractivity contribution in [2.75, 3.05) is 0 Å². The number of hydrogen-bond acceptors (Lipinski definition) is 5. The lowest BCUT2D eigenvalue weighted by Crippen LogP contribution is -2.52. The third-order valence-electron chi connectivity index (χ3n) is 6.33. The molecule has 0 bridgehead atoms. The molecule has 4 N–H and O–H groups in total. The number of benzene rings is 4. The highest BCUT2D eigenvalue weighted by Crippen LogP contribution is 2.36. The van der Waals surface area contributed by atoms with Gasteiger partial charge in [-0.15, -0.1) is 0 Å². The number of nitrogens with two attached hydrogens (primary N) is 1. The van der Waals surface area contributed by atoms with E-state index in [0.717, 1.165) is 16.7 Å². The molecular weight excluding hydrogens is 496 g/mol. The molecule has 0 aromatic heterocycles. The van der Waals surface area contributed by atoms with Gasteiger partial charge in [0.15, 0.2) is 0 Å². The van der Waals surface area contributed by atoms with Crippen molar-refractivity contribution < 1.29 is 19.3 Å². The Morgan fingerprint density at radius 2 is 1.18 bits per heavy atom. The van der Waals surface area contributed by atoms with Crippen LogP contribution in [-0.2, 0) is 15.1 Å². The first kappa shape index (κ1) is 26.7. The zero-order chi connectivity index (χ0) is 27.8. The second kappa shape index (κ2) is 11.8. The van der Waals surface area contributed by atoms with E-state index >= 15 is 0 Å². The number of carbonyl (C=O) groups excluding carboxylic acids is 3. The SMILES string of the molecule is NC(=O)[C@H](CC(=O)NC(c1ccccc1)(c1ccccc1)c1ccccc1)NC(=O)c1ccc([N+](=O)[O-])cc1. The third kappa shape index (κ3) is 5.99. The molecule has 0 radical (unpaired) electrons. The van der Waals surface area contributed by atoms with Crippen LogP contribution in [0.15, 0.2) is 115 Å². The summed E-state index contributed by atoms with van der Waals surface area (Å²) in [5.74, 6) is -2.12. The van der Waals surface area contributed by atoms with Crippen LogP contribution in [0.4, 0.5) is 5.69 Å². The standard InChI is InChI=1S/C30H26N4O5/c31-28(36)26(32-29(37)21-16-18-25(19-17-21)34(38)39)20-27(35)33-30(22-10-4-1-5-11-22,23-12-6-2-7-13-23)24-14-8-3-9-15-24/h1-19,26H,20H2,(H2,31,36)(H,32,37)(H,33,35)/t26-/m0/s1. The van der Waals surface area contributed by atoms with Crippen molar-refractivity contribution in [3.05, 3.63) is 148 Å². The summed E-state index contributed by atoms with van der Waals surface area (Å²) in [5, 5.41) is 16.5. The van der Waals surface area contributed by atoms with Gasteiger partial charge in [-0.1, -0.05) is 91.0 Å². The number of carbonyl (C=O) groups is 3. The smallest absolute Gasteiger partial charge is 0.269 e. The minimum atomic E-state index is -1.33. The van der Waals surface area contributed by atoms with Crippen LogP contribution in [0.3, 0.4) is 0 Å². The summed E-state index contributed by atoms with van der Waals surface area (Å²) in [5.41, 5.74) is 6.72. The first-order valence-electron chi connectivity index (χ1n) is 12.1. The summed E-state index contributed by atoms with van der Waals surface area (Å²) in [6, 6.07) is 31.9. The van der Waals surface area contributed by atoms with Crippen LogP contribution in [0.2, 0.25) is 0 Å². The number of nitrogens with zero attached hydrogens (tertiary/aromatic N) is 1. The number of rotatable bonds is 10. The van der Waals surface area contributed by atoms with Crippen molar-refractivity contribution in [2.24, 2.45) is 5.73 Å². The molecule has 0 saturated carbocycles. The highest BCUT2D eigenvalue weighted by molar-refractivity contribution is 5.98. The van der Waals surface area contributed by atoms with Gasteiger partial charge in [-0.2, -0.15) is 0 Å². The Morgan fingerprint density at radius 1 is 0.744 bits per heavy atom. The molecule has 0 spiro atoms. The van der Waals surface area contributed by atoms with Gasteiger partial charge in [-0.25, -0.2) is 0 Å². The average molecular weight is 523 g/mol. The zero-order valence-corrected chi connectivity index (χ0v) is 20.8. The average Bonchev–Trinajstić information content (AvgIpc) is 2.97. The molecule has 0 aliphatic rings. The lowest BCUT2D eigenvalue weighted by Gasteiger charge is -2.37. The molecule has 0 heterocycles. The van der Waals surface area contributed by atoms with Gasteiger partial charge >= 0.3 is 0 Å². The Balaban J connectivity index is 1.65. The summed E-state index contributed by atoms with van der Waals surface area (Å²) in [7, 11) is 0. The molecule has 0 aliphatic heterocycles. The van der Waals surface area contributed by atoms with Gasteiger partial charge in [0.05, 0.1) is 11.3 Å². The van der Waals surface area contributed by atoms with Crippen molar-refractivity contribution in [1.29, 1.82) is 0 Å². The molecule has 0 fully saturated rings. The summed E-state index contributed by atoms with van der Waals surface area (Å²) in [6.45, 7) is 0. The molecule has 9 nitrogen and oxygen atoms in total. The number of nitrogens with one attached hydrogen (secondary N) is 2. The number of nitro benzene ring substituents is 1. The van der Waals surface area contributed by atoms with E-state index in [0.29, 0.717) is 0 Å². The lowest BCUT2D eigenvalue weighted by atomic mass is 9.77. The summed E-state index contributed by atoms with van der Waals surface area (Å²) < 4.78 is 0. The van der Waals surface area contributed by atoms with E-state index in [-0.39, 0.29) is 11.3 Å². The summed E-state index contributed by atoms with van der Waals surface area (Å²) in [6.07, 6.45) is -0.428. The fourth-order valence-electron chi connectivity index (χ4n) is 4.43. The Hall–Kier alpha value is -5.31. The molecule has 9 heteroatoms. The van der Waals surface area contributed by atoms with E-state index in [9.17, 15) is 24.5 Å². The number of primary amides is 1. The molecule has 0 unspecified atom stereocenters. The largest absolute Gasteiger partial charge is 0.368 e. The Bertz CT molecular complexity index is 1360. The molecule has 1 atom stereocenters. The maximum Gasteiger partial charge on any atom is 0.269 e. The molecule has 0 saturated heterocycles. The fraction of sp³-hybridized carbons (Fsp3) is 0.100. The Labute approximate surface area is 224 Å². The Kier molecular flexibility index (Phi) is 8.11. The predicted octanol–water partition coefficient (Wildman–Crippen LogP) is 3.68.